The molecule has 1 aliphatic rings. The topological polar surface area (TPSA) is 117 Å². The first kappa shape index (κ1) is 14.9. The molecule has 0 saturated carbocycles. The zero-order chi connectivity index (χ0) is 15.6. The molecule has 1 aliphatic heterocycles. The van der Waals surface area contributed by atoms with Gasteiger partial charge in [-0.15, -0.1) is 0 Å². The molecule has 0 atom stereocenters. The number of rotatable bonds is 3. The van der Waals surface area contributed by atoms with E-state index in [4.69, 9.17) is 5.84 Å². The number of nitrogens with two attached hydrogens (primary N) is 1. The van der Waals surface area contributed by atoms with Gasteiger partial charge < -0.3 is 10.3 Å². The highest BCUT2D eigenvalue weighted by molar-refractivity contribution is 6.05. The number of nitrogen functional groups attached to an aromatic ring is 1. The summed E-state index contributed by atoms with van der Waals surface area (Å²) in [6.45, 7) is 3.59. The predicted octanol–water partition coefficient (Wildman–Crippen LogP) is -0.411. The molecule has 1 saturated heterocycles. The Morgan fingerprint density at radius 3 is 2.48 bits per heavy atom. The first-order chi connectivity index (χ1) is 9.90. The highest BCUT2D eigenvalue weighted by Gasteiger charge is 2.27. The molecule has 1 fully saturated rings. The second-order valence-electron chi connectivity index (χ2n) is 5.10. The van der Waals surface area contributed by atoms with Crippen LogP contribution in [0.15, 0.2) is 12.1 Å². The maximum atomic E-state index is 12.4. The number of imide groups is 1. The molecular formula is C13H17N5O3. The van der Waals surface area contributed by atoms with Gasteiger partial charge in [0, 0.05) is 11.3 Å². The van der Waals surface area contributed by atoms with Crippen molar-refractivity contribution in [1.82, 2.24) is 15.2 Å². The van der Waals surface area contributed by atoms with E-state index in [2.05, 4.69) is 15.7 Å². The zero-order valence-corrected chi connectivity index (χ0v) is 11.8. The number of carbonyl (C=O) groups excluding carboxylic acids is 3. The Morgan fingerprint density at radius 1 is 1.33 bits per heavy atom. The van der Waals surface area contributed by atoms with E-state index in [1.165, 1.54) is 11.0 Å². The van der Waals surface area contributed by atoms with E-state index in [0.29, 0.717) is 17.1 Å². The summed E-state index contributed by atoms with van der Waals surface area (Å²) in [5.41, 5.74) is 3.44. The number of pyridine rings is 1. The molecule has 0 unspecified atom stereocenters. The van der Waals surface area contributed by atoms with Crippen molar-refractivity contribution in [3.8, 4) is 0 Å². The summed E-state index contributed by atoms with van der Waals surface area (Å²) < 4.78 is 0. The van der Waals surface area contributed by atoms with Crippen molar-refractivity contribution in [2.24, 2.45) is 5.84 Å². The Morgan fingerprint density at radius 2 is 1.95 bits per heavy atom. The number of carbonyl (C=O) groups is 3. The third-order valence-electron chi connectivity index (χ3n) is 3.07. The number of hydrazine groups is 1. The number of piperazine rings is 1. The molecule has 0 bridgehead atoms. The third kappa shape index (κ3) is 3.34. The van der Waals surface area contributed by atoms with Crippen LogP contribution in [0.5, 0.6) is 0 Å². The second kappa shape index (κ2) is 5.88. The minimum absolute atomic E-state index is 0.108. The number of hydrogen-bond donors (Lipinski definition) is 3. The lowest BCUT2D eigenvalue weighted by molar-refractivity contribution is -0.135. The first-order valence-electron chi connectivity index (χ1n) is 6.51. The first-order valence-corrected chi connectivity index (χ1v) is 6.51. The molecule has 2 rings (SSSR count). The SMILES string of the molecule is CC(C)c1cc(C(=O)N2CC(=O)NC(=O)C2)cc(NN)n1. The van der Waals surface area contributed by atoms with Crippen LogP contribution in [0.25, 0.3) is 0 Å². The summed E-state index contributed by atoms with van der Waals surface area (Å²) in [5.74, 6) is 4.44. The summed E-state index contributed by atoms with van der Waals surface area (Å²) in [7, 11) is 0. The van der Waals surface area contributed by atoms with Crippen molar-refractivity contribution in [2.45, 2.75) is 19.8 Å². The fourth-order valence-corrected chi connectivity index (χ4v) is 2.01. The van der Waals surface area contributed by atoms with E-state index in [1.807, 2.05) is 13.8 Å². The van der Waals surface area contributed by atoms with Gasteiger partial charge in [0.1, 0.15) is 18.9 Å². The van der Waals surface area contributed by atoms with Gasteiger partial charge >= 0.3 is 0 Å². The van der Waals surface area contributed by atoms with Crippen molar-refractivity contribution in [1.29, 1.82) is 0 Å². The lowest BCUT2D eigenvalue weighted by atomic mass is 10.1. The number of anilines is 1. The Bertz CT molecular complexity index is 583. The molecule has 3 amide bonds. The Balaban J connectivity index is 2.31. The predicted molar refractivity (Wildman–Crippen MR) is 75.2 cm³/mol. The number of amides is 3. The molecule has 0 aliphatic carbocycles. The van der Waals surface area contributed by atoms with Crippen LogP contribution >= 0.6 is 0 Å². The van der Waals surface area contributed by atoms with E-state index >= 15 is 0 Å². The molecule has 0 spiro atoms. The van der Waals surface area contributed by atoms with E-state index < -0.39 is 17.7 Å². The van der Waals surface area contributed by atoms with Crippen LogP contribution < -0.4 is 16.6 Å². The lowest BCUT2D eigenvalue weighted by Gasteiger charge is -2.25. The van der Waals surface area contributed by atoms with Crippen LogP contribution in [0.1, 0.15) is 35.8 Å². The number of hydrogen-bond acceptors (Lipinski definition) is 6. The molecule has 1 aromatic rings. The molecular weight excluding hydrogens is 274 g/mol. The molecule has 1 aromatic heterocycles. The molecule has 0 aromatic carbocycles. The van der Waals surface area contributed by atoms with Gasteiger partial charge in [-0.3, -0.25) is 19.7 Å². The zero-order valence-electron chi connectivity index (χ0n) is 11.8. The van der Waals surface area contributed by atoms with Gasteiger partial charge in [-0.1, -0.05) is 13.8 Å². The minimum Gasteiger partial charge on any atom is -0.320 e. The van der Waals surface area contributed by atoms with Gasteiger partial charge in [0.05, 0.1) is 0 Å². The van der Waals surface area contributed by atoms with Gasteiger partial charge in [-0.2, -0.15) is 0 Å². The summed E-state index contributed by atoms with van der Waals surface area (Å²) in [5, 5.41) is 2.15. The van der Waals surface area contributed by atoms with Gasteiger partial charge in [0.25, 0.3) is 5.91 Å². The van der Waals surface area contributed by atoms with E-state index in [0.717, 1.165) is 0 Å². The molecule has 0 radical (unpaired) electrons. The number of nitrogens with zero attached hydrogens (tertiary/aromatic N) is 2. The highest BCUT2D eigenvalue weighted by Crippen LogP contribution is 2.18. The Kier molecular flexibility index (Phi) is 4.18. The largest absolute Gasteiger partial charge is 0.320 e. The molecule has 21 heavy (non-hydrogen) atoms. The molecule has 2 heterocycles. The van der Waals surface area contributed by atoms with Gasteiger partial charge in [-0.05, 0) is 18.1 Å². The average Bonchev–Trinajstić information content (AvgIpc) is 2.44. The molecule has 8 heteroatoms. The van der Waals surface area contributed by atoms with Crippen molar-refractivity contribution in [3.05, 3.63) is 23.4 Å². The quantitative estimate of drug-likeness (QED) is 0.396. The smallest absolute Gasteiger partial charge is 0.254 e. The van der Waals surface area contributed by atoms with Crippen LogP contribution in [0.3, 0.4) is 0 Å². The monoisotopic (exact) mass is 291 g/mol. The molecule has 4 N–H and O–H groups in total. The molecule has 8 nitrogen and oxygen atoms in total. The molecule has 112 valence electrons. The average molecular weight is 291 g/mol. The van der Waals surface area contributed by atoms with Crippen molar-refractivity contribution >= 4 is 23.5 Å². The maximum absolute atomic E-state index is 12.4. The van der Waals surface area contributed by atoms with Gasteiger partial charge in [0.15, 0.2) is 0 Å². The Labute approximate surface area is 121 Å². The fourth-order valence-electron chi connectivity index (χ4n) is 2.01. The van der Waals surface area contributed by atoms with Crippen molar-refractivity contribution in [3.63, 3.8) is 0 Å². The van der Waals surface area contributed by atoms with Crippen molar-refractivity contribution < 1.29 is 14.4 Å². The van der Waals surface area contributed by atoms with Crippen LogP contribution in [0.4, 0.5) is 5.82 Å². The lowest BCUT2D eigenvalue weighted by Crippen LogP contribution is -2.53. The van der Waals surface area contributed by atoms with Gasteiger partial charge in [-0.25, -0.2) is 10.8 Å². The van der Waals surface area contributed by atoms with E-state index in [1.54, 1.807) is 6.07 Å². The van der Waals surface area contributed by atoms with Gasteiger partial charge in [0.2, 0.25) is 11.8 Å². The number of nitrogens with one attached hydrogen (secondary N) is 2. The summed E-state index contributed by atoms with van der Waals surface area (Å²) in [4.78, 5) is 40.6. The summed E-state index contributed by atoms with van der Waals surface area (Å²) in [6.07, 6.45) is 0. The summed E-state index contributed by atoms with van der Waals surface area (Å²) in [6, 6.07) is 3.13. The second-order valence-corrected chi connectivity index (χ2v) is 5.10. The van der Waals surface area contributed by atoms with Crippen LogP contribution in [0, 0.1) is 0 Å². The summed E-state index contributed by atoms with van der Waals surface area (Å²) >= 11 is 0. The standard InChI is InChI=1S/C13H17N5O3/c1-7(2)9-3-8(4-10(15-9)17-14)13(21)18-5-11(19)16-12(20)6-18/h3-4,7H,5-6,14H2,1-2H3,(H,15,17)(H,16,19,20). The van der Waals surface area contributed by atoms with E-state index in [9.17, 15) is 14.4 Å². The van der Waals surface area contributed by atoms with Crippen LogP contribution in [-0.4, -0.2) is 40.7 Å². The Hall–Kier alpha value is -2.48. The normalized spacial score (nSPS) is 15.1. The third-order valence-corrected chi connectivity index (χ3v) is 3.07. The van der Waals surface area contributed by atoms with E-state index in [-0.39, 0.29) is 19.0 Å². The maximum Gasteiger partial charge on any atom is 0.254 e. The van der Waals surface area contributed by atoms with Crippen molar-refractivity contribution in [2.75, 3.05) is 18.5 Å². The van der Waals surface area contributed by atoms with Crippen LogP contribution in [0.2, 0.25) is 0 Å². The highest BCUT2D eigenvalue weighted by atomic mass is 16.2. The number of aromatic nitrogens is 1. The van der Waals surface area contributed by atoms with Crippen LogP contribution in [-0.2, 0) is 9.59 Å². The minimum atomic E-state index is -0.491. The fraction of sp³-hybridized carbons (Fsp3) is 0.385.